The lowest BCUT2D eigenvalue weighted by atomic mass is 10.2. The highest BCUT2D eigenvalue weighted by molar-refractivity contribution is 7.14. The maximum Gasteiger partial charge on any atom is 0.334 e. The van der Waals surface area contributed by atoms with Gasteiger partial charge >= 0.3 is 17.8 Å². The van der Waals surface area contributed by atoms with Gasteiger partial charge in [-0.1, -0.05) is 0 Å². The van der Waals surface area contributed by atoms with E-state index in [2.05, 4.69) is 0 Å². The van der Waals surface area contributed by atoms with Crippen LogP contribution in [0, 0.1) is 0 Å². The Morgan fingerprint density at radius 2 is 1.79 bits per heavy atom. The number of imide groups is 2. The third kappa shape index (κ3) is 3.97. The molecule has 2 saturated heterocycles. The molecule has 0 unspecified atom stereocenters. The second kappa shape index (κ2) is 8.19. The first-order valence-corrected chi connectivity index (χ1v) is 9.77. The van der Waals surface area contributed by atoms with Crippen LogP contribution in [-0.2, 0) is 25.5 Å². The van der Waals surface area contributed by atoms with E-state index in [1.165, 1.54) is 0 Å². The van der Waals surface area contributed by atoms with Gasteiger partial charge < -0.3 is 9.64 Å². The molecule has 0 bridgehead atoms. The van der Waals surface area contributed by atoms with Crippen molar-refractivity contribution in [2.75, 3.05) is 32.8 Å². The van der Waals surface area contributed by atoms with Crippen molar-refractivity contribution in [3.8, 4) is 0 Å². The molecule has 0 aliphatic carbocycles. The van der Waals surface area contributed by atoms with Crippen LogP contribution in [0.5, 0.6) is 0 Å². The van der Waals surface area contributed by atoms with Crippen LogP contribution in [-0.4, -0.2) is 83.1 Å². The van der Waals surface area contributed by atoms with Crippen molar-refractivity contribution >= 4 is 40.9 Å². The third-order valence-corrected chi connectivity index (χ3v) is 5.65. The average molecular weight is 407 g/mol. The molecule has 10 heteroatoms. The van der Waals surface area contributed by atoms with Crippen LogP contribution < -0.4 is 0 Å². The molecule has 2 aliphatic heterocycles. The molecule has 5 amide bonds. The Morgan fingerprint density at radius 3 is 2.39 bits per heavy atom. The quantitative estimate of drug-likeness (QED) is 0.387. The lowest BCUT2D eigenvalue weighted by Gasteiger charge is -2.26. The predicted molar refractivity (Wildman–Crippen MR) is 98.8 cm³/mol. The Hall–Kier alpha value is -2.59. The van der Waals surface area contributed by atoms with Crippen molar-refractivity contribution in [1.29, 1.82) is 0 Å². The number of amides is 5. The number of ether oxygens (including phenoxy) is 1. The molecule has 0 N–H and O–H groups in total. The minimum Gasteiger partial charge on any atom is -0.378 e. The number of morpholine rings is 1. The summed E-state index contributed by atoms with van der Waals surface area (Å²) in [5.74, 6) is -2.40. The average Bonchev–Trinajstić information content (AvgIpc) is 3.21. The van der Waals surface area contributed by atoms with E-state index >= 15 is 0 Å². The number of Topliss-reactive ketones (excluding diaryl/α,β-unsaturated/α-hetero) is 1. The Labute approximate surface area is 165 Å². The number of thiophene rings is 1. The van der Waals surface area contributed by atoms with Crippen molar-refractivity contribution in [2.24, 2.45) is 0 Å². The Morgan fingerprint density at radius 1 is 1.11 bits per heavy atom. The van der Waals surface area contributed by atoms with Crippen molar-refractivity contribution in [2.45, 2.75) is 26.3 Å². The van der Waals surface area contributed by atoms with Gasteiger partial charge in [0.05, 0.1) is 31.1 Å². The minimum atomic E-state index is -0.994. The van der Waals surface area contributed by atoms with Crippen LogP contribution in [0.25, 0.3) is 0 Å². The summed E-state index contributed by atoms with van der Waals surface area (Å²) < 4.78 is 5.22. The predicted octanol–water partition coefficient (Wildman–Crippen LogP) is 0.531. The van der Waals surface area contributed by atoms with Gasteiger partial charge in [0.1, 0.15) is 0 Å². The number of rotatable bonds is 6. The topological polar surface area (TPSA) is 104 Å². The molecule has 3 heterocycles. The number of carbonyl (C=O) groups is 5. The van der Waals surface area contributed by atoms with Crippen molar-refractivity contribution in [3.63, 3.8) is 0 Å². The molecule has 0 radical (unpaired) electrons. The molecular weight excluding hydrogens is 386 g/mol. The number of ketones is 1. The molecule has 0 aromatic carbocycles. The fourth-order valence-corrected chi connectivity index (χ4v) is 3.96. The second-order valence-corrected chi connectivity index (χ2v) is 7.97. The highest BCUT2D eigenvalue weighted by Crippen LogP contribution is 2.21. The number of hydrogen-bond donors (Lipinski definition) is 0. The van der Waals surface area contributed by atoms with Gasteiger partial charge in [-0.15, -0.1) is 11.3 Å². The van der Waals surface area contributed by atoms with Gasteiger partial charge in [0.2, 0.25) is 5.91 Å². The maximum atomic E-state index is 12.5. The van der Waals surface area contributed by atoms with Gasteiger partial charge in [-0.05, 0) is 26.0 Å². The first-order valence-electron chi connectivity index (χ1n) is 8.96. The summed E-state index contributed by atoms with van der Waals surface area (Å²) in [5, 5.41) is 0. The summed E-state index contributed by atoms with van der Waals surface area (Å²) >= 11 is 1.15. The SMILES string of the molecule is CC(C)N1C(=O)C(=O)N(CC(=O)c2ccc(CC(=O)N3CCOCC3)s2)C1=O. The summed E-state index contributed by atoms with van der Waals surface area (Å²) in [7, 11) is 0. The van der Waals surface area contributed by atoms with Gasteiger partial charge in [0, 0.05) is 24.0 Å². The first-order chi connectivity index (χ1) is 13.3. The largest absolute Gasteiger partial charge is 0.378 e. The van der Waals surface area contributed by atoms with E-state index in [4.69, 9.17) is 4.74 Å². The van der Waals surface area contributed by atoms with Gasteiger partial charge in [-0.2, -0.15) is 0 Å². The molecule has 2 aliphatic rings. The minimum absolute atomic E-state index is 0.0350. The van der Waals surface area contributed by atoms with E-state index in [1.54, 1.807) is 30.9 Å². The Kier molecular flexibility index (Phi) is 5.90. The van der Waals surface area contributed by atoms with Crippen LogP contribution in [0.4, 0.5) is 4.79 Å². The van der Waals surface area contributed by atoms with Crippen LogP contribution >= 0.6 is 11.3 Å². The van der Waals surface area contributed by atoms with Crippen molar-refractivity contribution in [3.05, 3.63) is 21.9 Å². The first kappa shape index (κ1) is 20.2. The van der Waals surface area contributed by atoms with Gasteiger partial charge in [0.25, 0.3) is 0 Å². The summed E-state index contributed by atoms with van der Waals surface area (Å²) in [5.41, 5.74) is 0. The van der Waals surface area contributed by atoms with E-state index in [0.717, 1.165) is 21.1 Å². The van der Waals surface area contributed by atoms with Crippen LogP contribution in [0.15, 0.2) is 12.1 Å². The monoisotopic (exact) mass is 407 g/mol. The smallest absolute Gasteiger partial charge is 0.334 e. The number of urea groups is 1. The molecule has 1 aromatic heterocycles. The normalized spacial score (nSPS) is 17.8. The molecule has 28 heavy (non-hydrogen) atoms. The van der Waals surface area contributed by atoms with Crippen molar-refractivity contribution < 1.29 is 28.7 Å². The fourth-order valence-electron chi connectivity index (χ4n) is 3.04. The summed E-state index contributed by atoms with van der Waals surface area (Å²) in [4.78, 5) is 65.3. The van der Waals surface area contributed by atoms with Gasteiger partial charge in [-0.3, -0.25) is 24.1 Å². The van der Waals surface area contributed by atoms with E-state index in [-0.39, 0.29) is 12.3 Å². The lowest BCUT2D eigenvalue weighted by molar-refractivity contribution is -0.143. The summed E-state index contributed by atoms with van der Waals surface area (Å²) in [6, 6.07) is 2.01. The van der Waals surface area contributed by atoms with Crippen LogP contribution in [0.3, 0.4) is 0 Å². The zero-order valence-corrected chi connectivity index (χ0v) is 16.5. The van der Waals surface area contributed by atoms with E-state index in [9.17, 15) is 24.0 Å². The zero-order valence-electron chi connectivity index (χ0n) is 15.7. The van der Waals surface area contributed by atoms with E-state index in [0.29, 0.717) is 36.1 Å². The maximum absolute atomic E-state index is 12.5. The molecular formula is C18H21N3O6S. The number of hydrogen-bond acceptors (Lipinski definition) is 7. The standard InChI is InChI=1S/C18H21N3O6S/c1-11(2)21-17(25)16(24)20(18(21)26)10-13(22)14-4-3-12(28-14)9-15(23)19-5-7-27-8-6-19/h3-4,11H,5-10H2,1-2H3. The molecule has 1 aromatic rings. The Bertz CT molecular complexity index is 827. The molecule has 0 saturated carbocycles. The molecule has 2 fully saturated rings. The Balaban J connectivity index is 1.63. The molecule has 0 atom stereocenters. The molecule has 3 rings (SSSR count). The van der Waals surface area contributed by atoms with Crippen molar-refractivity contribution in [1.82, 2.24) is 14.7 Å². The number of nitrogens with zero attached hydrogens (tertiary/aromatic N) is 3. The van der Waals surface area contributed by atoms with Crippen LogP contribution in [0.2, 0.25) is 0 Å². The third-order valence-electron chi connectivity index (χ3n) is 4.53. The number of carbonyl (C=O) groups excluding carboxylic acids is 5. The van der Waals surface area contributed by atoms with Gasteiger partial charge in [0.15, 0.2) is 5.78 Å². The summed E-state index contributed by atoms with van der Waals surface area (Å²) in [6.45, 7) is 4.87. The molecule has 150 valence electrons. The lowest BCUT2D eigenvalue weighted by Crippen LogP contribution is -2.41. The van der Waals surface area contributed by atoms with E-state index in [1.807, 2.05) is 0 Å². The summed E-state index contributed by atoms with van der Waals surface area (Å²) in [6.07, 6.45) is 0.180. The van der Waals surface area contributed by atoms with E-state index < -0.39 is 36.2 Å². The van der Waals surface area contributed by atoms with Crippen LogP contribution in [0.1, 0.15) is 28.4 Å². The highest BCUT2D eigenvalue weighted by Gasteiger charge is 2.46. The second-order valence-electron chi connectivity index (χ2n) is 6.80. The molecule has 9 nitrogen and oxygen atoms in total. The zero-order chi connectivity index (χ0) is 20.4. The van der Waals surface area contributed by atoms with Gasteiger partial charge in [-0.25, -0.2) is 9.69 Å². The fraction of sp³-hybridized carbons (Fsp3) is 0.500. The highest BCUT2D eigenvalue weighted by atomic mass is 32.1. The molecule has 0 spiro atoms.